The zero-order valence-electron chi connectivity index (χ0n) is 12.0. The minimum atomic E-state index is 0.130. The summed E-state index contributed by atoms with van der Waals surface area (Å²) in [6, 6.07) is 3.86. The molecular formula is C16H24N2O2. The van der Waals surface area contributed by atoms with E-state index in [1.54, 1.807) is 6.26 Å². The van der Waals surface area contributed by atoms with Crippen molar-refractivity contribution in [2.45, 2.75) is 38.0 Å². The molecule has 2 aliphatic rings. The number of hydrogen-bond donors (Lipinski definition) is 1. The number of nitrogens with one attached hydrogen (secondary N) is 1. The number of likely N-dealkylation sites (tertiary alicyclic amines) is 1. The fraction of sp³-hybridized carbons (Fsp3) is 0.688. The fourth-order valence-corrected chi connectivity index (χ4v) is 3.13. The molecule has 1 N–H and O–H groups in total. The van der Waals surface area contributed by atoms with Crippen molar-refractivity contribution in [3.05, 3.63) is 24.2 Å². The molecule has 3 rings (SSSR count). The molecule has 1 saturated carbocycles. The molecule has 4 heteroatoms. The van der Waals surface area contributed by atoms with Crippen LogP contribution >= 0.6 is 0 Å². The van der Waals surface area contributed by atoms with Gasteiger partial charge in [-0.05, 0) is 44.5 Å². The summed E-state index contributed by atoms with van der Waals surface area (Å²) in [7, 11) is 0. The first kappa shape index (κ1) is 13.7. The van der Waals surface area contributed by atoms with E-state index in [9.17, 15) is 4.79 Å². The monoisotopic (exact) mass is 276 g/mol. The van der Waals surface area contributed by atoms with Crippen LogP contribution in [-0.2, 0) is 4.79 Å². The molecule has 110 valence electrons. The highest BCUT2D eigenvalue weighted by atomic mass is 16.3. The molecule has 2 atom stereocenters. The molecule has 1 aromatic heterocycles. The van der Waals surface area contributed by atoms with Crippen LogP contribution in [0.5, 0.6) is 0 Å². The second-order valence-corrected chi connectivity index (χ2v) is 6.01. The van der Waals surface area contributed by atoms with Gasteiger partial charge >= 0.3 is 0 Å². The van der Waals surface area contributed by atoms with E-state index in [0.717, 1.165) is 25.3 Å². The van der Waals surface area contributed by atoms with E-state index in [2.05, 4.69) is 10.2 Å². The van der Waals surface area contributed by atoms with Crippen LogP contribution in [0.4, 0.5) is 0 Å². The van der Waals surface area contributed by atoms with Crippen LogP contribution in [0, 0.1) is 5.92 Å². The first-order chi connectivity index (χ1) is 9.84. The largest absolute Gasteiger partial charge is 0.469 e. The summed E-state index contributed by atoms with van der Waals surface area (Å²) in [5.74, 6) is 1.59. The van der Waals surface area contributed by atoms with Gasteiger partial charge in [0.1, 0.15) is 5.76 Å². The molecular weight excluding hydrogens is 252 g/mol. The molecule has 1 aromatic rings. The van der Waals surface area contributed by atoms with E-state index >= 15 is 0 Å². The SMILES string of the molecule is O=C(NCCN1CCCCCC1)C1CC1c1ccco1. The van der Waals surface area contributed by atoms with Gasteiger partial charge in [-0.1, -0.05) is 12.8 Å². The highest BCUT2D eigenvalue weighted by Gasteiger charge is 2.45. The molecule has 1 saturated heterocycles. The lowest BCUT2D eigenvalue weighted by atomic mass is 10.2. The van der Waals surface area contributed by atoms with Gasteiger partial charge in [0.2, 0.25) is 5.91 Å². The summed E-state index contributed by atoms with van der Waals surface area (Å²) in [5.41, 5.74) is 0. The normalized spacial score (nSPS) is 27.0. The molecule has 1 aliphatic heterocycles. The second-order valence-electron chi connectivity index (χ2n) is 6.01. The van der Waals surface area contributed by atoms with Crippen molar-refractivity contribution >= 4 is 5.91 Å². The van der Waals surface area contributed by atoms with Crippen molar-refractivity contribution in [3.63, 3.8) is 0 Å². The number of amides is 1. The fourth-order valence-electron chi connectivity index (χ4n) is 3.13. The van der Waals surface area contributed by atoms with E-state index in [-0.39, 0.29) is 11.8 Å². The highest BCUT2D eigenvalue weighted by Crippen LogP contribution is 2.47. The van der Waals surface area contributed by atoms with E-state index in [1.807, 2.05) is 12.1 Å². The minimum Gasteiger partial charge on any atom is -0.469 e. The van der Waals surface area contributed by atoms with Gasteiger partial charge in [0, 0.05) is 24.9 Å². The molecule has 1 aliphatic carbocycles. The second kappa shape index (κ2) is 6.44. The molecule has 4 nitrogen and oxygen atoms in total. The summed E-state index contributed by atoms with van der Waals surface area (Å²) < 4.78 is 5.36. The molecule has 0 spiro atoms. The van der Waals surface area contributed by atoms with Crippen LogP contribution in [0.3, 0.4) is 0 Å². The van der Waals surface area contributed by atoms with Crippen molar-refractivity contribution in [1.29, 1.82) is 0 Å². The van der Waals surface area contributed by atoms with Gasteiger partial charge in [-0.2, -0.15) is 0 Å². The topological polar surface area (TPSA) is 45.5 Å². The van der Waals surface area contributed by atoms with Gasteiger partial charge in [0.25, 0.3) is 0 Å². The van der Waals surface area contributed by atoms with Crippen LogP contribution in [0.1, 0.15) is 43.8 Å². The Bertz CT molecular complexity index is 422. The number of rotatable bonds is 5. The Morgan fingerprint density at radius 2 is 2.10 bits per heavy atom. The zero-order chi connectivity index (χ0) is 13.8. The van der Waals surface area contributed by atoms with Crippen molar-refractivity contribution < 1.29 is 9.21 Å². The summed E-state index contributed by atoms with van der Waals surface area (Å²) in [4.78, 5) is 14.5. The Balaban J connectivity index is 1.36. The van der Waals surface area contributed by atoms with E-state index in [1.165, 1.54) is 38.8 Å². The van der Waals surface area contributed by atoms with Crippen LogP contribution < -0.4 is 5.32 Å². The third kappa shape index (κ3) is 3.42. The van der Waals surface area contributed by atoms with Crippen molar-refractivity contribution in [3.8, 4) is 0 Å². The summed E-state index contributed by atoms with van der Waals surface area (Å²) >= 11 is 0. The Morgan fingerprint density at radius 1 is 1.30 bits per heavy atom. The van der Waals surface area contributed by atoms with E-state index < -0.39 is 0 Å². The first-order valence-electron chi connectivity index (χ1n) is 7.88. The molecule has 0 radical (unpaired) electrons. The molecule has 2 fully saturated rings. The Hall–Kier alpha value is -1.29. The maximum absolute atomic E-state index is 12.0. The number of hydrogen-bond acceptors (Lipinski definition) is 3. The van der Waals surface area contributed by atoms with E-state index in [4.69, 9.17) is 4.42 Å². The average Bonchev–Trinajstić information content (AvgIpc) is 3.16. The van der Waals surface area contributed by atoms with Gasteiger partial charge in [0.15, 0.2) is 0 Å². The summed E-state index contributed by atoms with van der Waals surface area (Å²) in [6.45, 7) is 4.15. The minimum absolute atomic E-state index is 0.130. The third-order valence-electron chi connectivity index (χ3n) is 4.46. The summed E-state index contributed by atoms with van der Waals surface area (Å²) in [5, 5.41) is 3.08. The average molecular weight is 276 g/mol. The first-order valence-corrected chi connectivity index (χ1v) is 7.88. The lowest BCUT2D eigenvalue weighted by Gasteiger charge is -2.19. The van der Waals surface area contributed by atoms with Gasteiger partial charge in [-0.3, -0.25) is 4.79 Å². The molecule has 20 heavy (non-hydrogen) atoms. The predicted octanol–water partition coefficient (Wildman–Crippen LogP) is 2.38. The Labute approximate surface area is 120 Å². The molecule has 2 unspecified atom stereocenters. The standard InChI is InChI=1S/C16H24N2O2/c19-16(14-12-13(14)15-6-5-11-20-15)17-7-10-18-8-3-1-2-4-9-18/h5-6,11,13-14H,1-4,7-10,12H2,(H,17,19). The smallest absolute Gasteiger partial charge is 0.223 e. The van der Waals surface area contributed by atoms with E-state index in [0.29, 0.717) is 5.92 Å². The predicted molar refractivity (Wildman–Crippen MR) is 77.5 cm³/mol. The van der Waals surface area contributed by atoms with Crippen molar-refractivity contribution in [1.82, 2.24) is 10.2 Å². The lowest BCUT2D eigenvalue weighted by Crippen LogP contribution is -2.36. The molecule has 0 bridgehead atoms. The highest BCUT2D eigenvalue weighted by molar-refractivity contribution is 5.82. The van der Waals surface area contributed by atoms with Crippen LogP contribution in [0.25, 0.3) is 0 Å². The maximum Gasteiger partial charge on any atom is 0.223 e. The Kier molecular flexibility index (Phi) is 4.41. The van der Waals surface area contributed by atoms with Crippen molar-refractivity contribution in [2.24, 2.45) is 5.92 Å². The molecule has 0 aromatic carbocycles. The van der Waals surface area contributed by atoms with Crippen LogP contribution in [0.15, 0.2) is 22.8 Å². The number of carbonyl (C=O) groups is 1. The van der Waals surface area contributed by atoms with Gasteiger partial charge in [-0.15, -0.1) is 0 Å². The zero-order valence-corrected chi connectivity index (χ0v) is 12.0. The van der Waals surface area contributed by atoms with Crippen LogP contribution in [0.2, 0.25) is 0 Å². The molecule has 2 heterocycles. The molecule has 1 amide bonds. The number of nitrogens with zero attached hydrogens (tertiary/aromatic N) is 1. The maximum atomic E-state index is 12.0. The number of carbonyl (C=O) groups excluding carboxylic acids is 1. The van der Waals surface area contributed by atoms with Crippen molar-refractivity contribution in [2.75, 3.05) is 26.2 Å². The van der Waals surface area contributed by atoms with Gasteiger partial charge < -0.3 is 14.6 Å². The third-order valence-corrected chi connectivity index (χ3v) is 4.46. The lowest BCUT2D eigenvalue weighted by molar-refractivity contribution is -0.122. The Morgan fingerprint density at radius 3 is 2.80 bits per heavy atom. The van der Waals surface area contributed by atoms with Crippen LogP contribution in [-0.4, -0.2) is 37.0 Å². The number of furan rings is 1. The van der Waals surface area contributed by atoms with Gasteiger partial charge in [-0.25, -0.2) is 0 Å². The quantitative estimate of drug-likeness (QED) is 0.898. The van der Waals surface area contributed by atoms with Gasteiger partial charge in [0.05, 0.1) is 6.26 Å². The summed E-state index contributed by atoms with van der Waals surface area (Å²) in [6.07, 6.45) is 7.94.